The summed E-state index contributed by atoms with van der Waals surface area (Å²) in [4.78, 5) is 0. The zero-order valence-electron chi connectivity index (χ0n) is 11.1. The summed E-state index contributed by atoms with van der Waals surface area (Å²) in [6.07, 6.45) is 2.85. The highest BCUT2D eigenvalue weighted by Gasteiger charge is 2.12. The Morgan fingerprint density at radius 3 is 2.83 bits per heavy atom. The minimum Gasteiger partial charge on any atom is -0.394 e. The number of aromatic amines is 1. The SMILES string of the molecule is CCCn1nc(C)c(N)c1NCc1cn[nH]c1C. The number of nitrogen functional groups attached to an aromatic ring is 1. The van der Waals surface area contributed by atoms with Crippen molar-refractivity contribution in [3.63, 3.8) is 0 Å². The molecule has 2 aromatic heterocycles. The van der Waals surface area contributed by atoms with Gasteiger partial charge in [-0.1, -0.05) is 6.92 Å². The molecule has 6 nitrogen and oxygen atoms in total. The number of H-pyrrole nitrogens is 1. The summed E-state index contributed by atoms with van der Waals surface area (Å²) >= 11 is 0. The Bertz CT molecular complexity index is 525. The van der Waals surface area contributed by atoms with E-state index in [1.165, 1.54) is 0 Å². The molecule has 2 heterocycles. The quantitative estimate of drug-likeness (QED) is 0.753. The second kappa shape index (κ2) is 5.12. The van der Waals surface area contributed by atoms with E-state index in [1.807, 2.05) is 24.7 Å². The van der Waals surface area contributed by atoms with E-state index in [0.29, 0.717) is 6.54 Å². The van der Waals surface area contributed by atoms with E-state index in [2.05, 4.69) is 27.5 Å². The third-order valence-corrected chi connectivity index (χ3v) is 2.99. The second-order valence-corrected chi connectivity index (χ2v) is 4.44. The molecule has 0 bridgehead atoms. The van der Waals surface area contributed by atoms with Crippen molar-refractivity contribution in [2.75, 3.05) is 11.1 Å². The molecule has 0 unspecified atom stereocenters. The van der Waals surface area contributed by atoms with Crippen LogP contribution in [-0.4, -0.2) is 20.0 Å². The molecule has 2 rings (SSSR count). The Labute approximate surface area is 107 Å². The van der Waals surface area contributed by atoms with Crippen LogP contribution in [0.15, 0.2) is 6.20 Å². The van der Waals surface area contributed by atoms with Gasteiger partial charge < -0.3 is 11.1 Å². The van der Waals surface area contributed by atoms with Crippen LogP contribution in [-0.2, 0) is 13.1 Å². The van der Waals surface area contributed by atoms with Crippen molar-refractivity contribution >= 4 is 11.5 Å². The molecule has 0 aliphatic carbocycles. The number of hydrogen-bond donors (Lipinski definition) is 3. The van der Waals surface area contributed by atoms with Crippen LogP contribution in [0.25, 0.3) is 0 Å². The molecule has 98 valence electrons. The van der Waals surface area contributed by atoms with Crippen LogP contribution in [0.4, 0.5) is 11.5 Å². The van der Waals surface area contributed by atoms with Gasteiger partial charge in [0.05, 0.1) is 17.6 Å². The number of nitrogens with two attached hydrogens (primary N) is 1. The Hall–Kier alpha value is -1.98. The van der Waals surface area contributed by atoms with Crippen LogP contribution in [0.5, 0.6) is 0 Å². The molecule has 0 spiro atoms. The zero-order valence-corrected chi connectivity index (χ0v) is 11.1. The van der Waals surface area contributed by atoms with Gasteiger partial charge in [-0.2, -0.15) is 10.2 Å². The lowest BCUT2D eigenvalue weighted by Crippen LogP contribution is -2.09. The average Bonchev–Trinajstić information content (AvgIpc) is 2.85. The fourth-order valence-corrected chi connectivity index (χ4v) is 1.89. The van der Waals surface area contributed by atoms with Gasteiger partial charge in [-0.05, 0) is 20.3 Å². The van der Waals surface area contributed by atoms with Crippen molar-refractivity contribution < 1.29 is 0 Å². The Morgan fingerprint density at radius 1 is 1.44 bits per heavy atom. The minimum atomic E-state index is 0.696. The van der Waals surface area contributed by atoms with Crippen molar-refractivity contribution in [3.8, 4) is 0 Å². The van der Waals surface area contributed by atoms with Gasteiger partial charge >= 0.3 is 0 Å². The predicted octanol–water partition coefficient (Wildman–Crippen LogP) is 1.83. The molecule has 0 aromatic carbocycles. The largest absolute Gasteiger partial charge is 0.394 e. The topological polar surface area (TPSA) is 84.6 Å². The van der Waals surface area contributed by atoms with E-state index < -0.39 is 0 Å². The van der Waals surface area contributed by atoms with Gasteiger partial charge in [0.2, 0.25) is 0 Å². The minimum absolute atomic E-state index is 0.696. The summed E-state index contributed by atoms with van der Waals surface area (Å²) in [5.74, 6) is 0.898. The Morgan fingerprint density at radius 2 is 2.22 bits per heavy atom. The van der Waals surface area contributed by atoms with Crippen LogP contribution >= 0.6 is 0 Å². The fraction of sp³-hybridized carbons (Fsp3) is 0.500. The highest BCUT2D eigenvalue weighted by atomic mass is 15.3. The first kappa shape index (κ1) is 12.5. The van der Waals surface area contributed by atoms with Crippen LogP contribution in [0.1, 0.15) is 30.3 Å². The number of hydrogen-bond acceptors (Lipinski definition) is 4. The van der Waals surface area contributed by atoms with Crippen molar-refractivity contribution in [1.82, 2.24) is 20.0 Å². The first-order valence-corrected chi connectivity index (χ1v) is 6.19. The summed E-state index contributed by atoms with van der Waals surface area (Å²) in [5, 5.41) is 14.7. The van der Waals surface area contributed by atoms with Crippen molar-refractivity contribution in [1.29, 1.82) is 0 Å². The number of anilines is 2. The van der Waals surface area contributed by atoms with Crippen LogP contribution in [0.3, 0.4) is 0 Å². The molecule has 0 fully saturated rings. The second-order valence-electron chi connectivity index (χ2n) is 4.44. The maximum absolute atomic E-state index is 6.04. The van der Waals surface area contributed by atoms with Gasteiger partial charge in [-0.3, -0.25) is 5.10 Å². The summed E-state index contributed by atoms with van der Waals surface area (Å²) in [6, 6.07) is 0. The molecule has 2 aromatic rings. The number of nitrogens with zero attached hydrogens (tertiary/aromatic N) is 3. The summed E-state index contributed by atoms with van der Waals surface area (Å²) in [5.41, 5.74) is 9.84. The van der Waals surface area contributed by atoms with Crippen LogP contribution in [0, 0.1) is 13.8 Å². The van der Waals surface area contributed by atoms with E-state index in [9.17, 15) is 0 Å². The predicted molar refractivity (Wildman–Crippen MR) is 72.3 cm³/mol. The first-order valence-electron chi connectivity index (χ1n) is 6.19. The molecule has 6 heteroatoms. The molecule has 0 amide bonds. The van der Waals surface area contributed by atoms with Gasteiger partial charge in [-0.25, -0.2) is 4.68 Å². The molecule has 0 saturated carbocycles. The third kappa shape index (κ3) is 2.32. The number of aromatic nitrogens is 4. The molecular weight excluding hydrogens is 228 g/mol. The molecule has 0 saturated heterocycles. The van der Waals surface area contributed by atoms with Crippen LogP contribution in [0.2, 0.25) is 0 Å². The van der Waals surface area contributed by atoms with Crippen molar-refractivity contribution in [2.24, 2.45) is 0 Å². The average molecular weight is 248 g/mol. The molecule has 0 aliphatic heterocycles. The third-order valence-electron chi connectivity index (χ3n) is 2.99. The lowest BCUT2D eigenvalue weighted by Gasteiger charge is -2.09. The van der Waals surface area contributed by atoms with Gasteiger partial charge in [0.15, 0.2) is 0 Å². The Kier molecular flexibility index (Phi) is 3.55. The monoisotopic (exact) mass is 248 g/mol. The summed E-state index contributed by atoms with van der Waals surface area (Å²) < 4.78 is 1.93. The Balaban J connectivity index is 2.15. The maximum Gasteiger partial charge on any atom is 0.148 e. The van der Waals surface area contributed by atoms with E-state index in [4.69, 9.17) is 5.73 Å². The first-order chi connectivity index (χ1) is 8.63. The molecule has 0 aliphatic rings. The normalized spacial score (nSPS) is 10.8. The van der Waals surface area contributed by atoms with E-state index in [0.717, 1.165) is 41.4 Å². The van der Waals surface area contributed by atoms with Gasteiger partial charge in [0.25, 0.3) is 0 Å². The molecule has 0 atom stereocenters. The number of aryl methyl sites for hydroxylation is 3. The summed E-state index contributed by atoms with van der Waals surface area (Å²) in [7, 11) is 0. The lowest BCUT2D eigenvalue weighted by molar-refractivity contribution is 0.602. The highest BCUT2D eigenvalue weighted by Crippen LogP contribution is 2.23. The number of nitrogens with one attached hydrogen (secondary N) is 2. The van der Waals surface area contributed by atoms with Crippen molar-refractivity contribution in [2.45, 2.75) is 40.3 Å². The van der Waals surface area contributed by atoms with E-state index in [1.54, 1.807) is 0 Å². The summed E-state index contributed by atoms with van der Waals surface area (Å²) in [6.45, 7) is 7.61. The van der Waals surface area contributed by atoms with Gasteiger partial charge in [0, 0.05) is 24.3 Å². The molecular formula is C12H20N6. The van der Waals surface area contributed by atoms with Crippen molar-refractivity contribution in [3.05, 3.63) is 23.1 Å². The fourth-order valence-electron chi connectivity index (χ4n) is 1.89. The van der Waals surface area contributed by atoms with E-state index in [-0.39, 0.29) is 0 Å². The van der Waals surface area contributed by atoms with E-state index >= 15 is 0 Å². The van der Waals surface area contributed by atoms with Gasteiger partial charge in [-0.15, -0.1) is 0 Å². The number of rotatable bonds is 5. The zero-order chi connectivity index (χ0) is 13.1. The van der Waals surface area contributed by atoms with Gasteiger partial charge in [0.1, 0.15) is 5.82 Å². The maximum atomic E-state index is 6.04. The molecule has 0 radical (unpaired) electrons. The molecule has 4 N–H and O–H groups in total. The lowest BCUT2D eigenvalue weighted by atomic mass is 10.2. The highest BCUT2D eigenvalue weighted by molar-refractivity contribution is 5.64. The molecule has 18 heavy (non-hydrogen) atoms. The van der Waals surface area contributed by atoms with Crippen LogP contribution < -0.4 is 11.1 Å². The smallest absolute Gasteiger partial charge is 0.148 e. The standard InChI is InChI=1S/C12H20N6/c1-4-5-18-12(11(13)9(3)17-18)14-6-10-7-15-16-8(10)2/h7,14H,4-6,13H2,1-3H3,(H,15,16).